The lowest BCUT2D eigenvalue weighted by atomic mass is 10.1. The molecule has 8 rings (SSSR count). The summed E-state index contributed by atoms with van der Waals surface area (Å²) >= 11 is 0. The quantitative estimate of drug-likeness (QED) is 0.201. The standard InChI is InChI=1S/C41H29N7Si/c1-2-4-30(5-3-1)34-6-10-38(45-26-34)49(39-11-7-35(27-46-39)31-14-20-42-21-15-31,40-12-8-36(28-47-40)32-16-22-43-23-17-32)41-13-9-37(29-48-41)33-18-24-44-25-19-33/h1-29H. The number of pyridine rings is 7. The van der Waals surface area contributed by atoms with Gasteiger partial charge < -0.3 is 0 Å². The smallest absolute Gasteiger partial charge is 0.263 e. The van der Waals surface area contributed by atoms with E-state index in [-0.39, 0.29) is 0 Å². The maximum Gasteiger partial charge on any atom is 0.263 e. The largest absolute Gasteiger partial charge is 0.265 e. The van der Waals surface area contributed by atoms with Crippen molar-refractivity contribution in [2.45, 2.75) is 0 Å². The molecule has 0 spiro atoms. The lowest BCUT2D eigenvalue weighted by molar-refractivity contribution is 1.29. The van der Waals surface area contributed by atoms with Crippen LogP contribution in [0.4, 0.5) is 0 Å². The second kappa shape index (κ2) is 13.3. The summed E-state index contributed by atoms with van der Waals surface area (Å²) in [6.07, 6.45) is 18.5. The Bertz CT molecular complexity index is 1930. The molecule has 0 saturated heterocycles. The van der Waals surface area contributed by atoms with Crippen LogP contribution in [-0.2, 0) is 0 Å². The molecule has 232 valence electrons. The average Bonchev–Trinajstić information content (AvgIpc) is 3.20. The lowest BCUT2D eigenvalue weighted by Gasteiger charge is -2.30. The van der Waals surface area contributed by atoms with E-state index in [1.54, 1.807) is 37.2 Å². The van der Waals surface area contributed by atoms with Gasteiger partial charge >= 0.3 is 0 Å². The van der Waals surface area contributed by atoms with Gasteiger partial charge in [-0.25, -0.2) is 0 Å². The zero-order chi connectivity index (χ0) is 32.9. The summed E-state index contributed by atoms with van der Waals surface area (Å²) in [6.45, 7) is 0. The highest BCUT2D eigenvalue weighted by atomic mass is 28.3. The molecule has 0 aliphatic heterocycles. The molecule has 0 aliphatic rings. The van der Waals surface area contributed by atoms with Crippen LogP contribution in [0.3, 0.4) is 0 Å². The van der Waals surface area contributed by atoms with Crippen LogP contribution in [0.2, 0.25) is 0 Å². The molecule has 7 heterocycles. The Kier molecular flexibility index (Phi) is 8.11. The van der Waals surface area contributed by atoms with Crippen LogP contribution in [0, 0.1) is 0 Å². The predicted molar refractivity (Wildman–Crippen MR) is 196 cm³/mol. The SMILES string of the molecule is c1ccc(-c2ccc([Si](c3ccc(-c4ccncc4)cn3)(c3ccc(-c4ccncc4)cn3)c3ccc(-c4ccncc4)cn3)nc2)cc1. The topological polar surface area (TPSA) is 90.2 Å². The first kappa shape index (κ1) is 29.9. The molecule has 0 radical (unpaired) electrons. The van der Waals surface area contributed by atoms with Gasteiger partial charge in [-0.05, 0) is 88.5 Å². The van der Waals surface area contributed by atoms with Crippen LogP contribution in [0.1, 0.15) is 0 Å². The summed E-state index contributed by atoms with van der Waals surface area (Å²) in [5.41, 5.74) is 8.29. The van der Waals surface area contributed by atoms with E-state index in [1.165, 1.54) is 0 Å². The third-order valence-corrected chi connectivity index (χ3v) is 13.0. The number of benzene rings is 1. The van der Waals surface area contributed by atoms with Crippen LogP contribution >= 0.6 is 0 Å². The molecule has 0 saturated carbocycles. The number of hydrogen-bond donors (Lipinski definition) is 0. The van der Waals surface area contributed by atoms with Crippen LogP contribution in [-0.4, -0.2) is 43.0 Å². The van der Waals surface area contributed by atoms with Crippen molar-refractivity contribution in [1.82, 2.24) is 34.9 Å². The van der Waals surface area contributed by atoms with Gasteiger partial charge in [0.1, 0.15) is 0 Å². The van der Waals surface area contributed by atoms with Gasteiger partial charge in [0.05, 0.1) is 0 Å². The van der Waals surface area contributed by atoms with E-state index < -0.39 is 8.07 Å². The number of hydrogen-bond acceptors (Lipinski definition) is 7. The van der Waals surface area contributed by atoms with E-state index in [0.29, 0.717) is 0 Å². The van der Waals surface area contributed by atoms with Crippen molar-refractivity contribution in [3.8, 4) is 44.5 Å². The number of rotatable bonds is 8. The molecule has 0 bridgehead atoms. The van der Waals surface area contributed by atoms with Crippen LogP contribution in [0.25, 0.3) is 44.5 Å². The Morgan fingerprint density at radius 1 is 0.265 bits per heavy atom. The van der Waals surface area contributed by atoms with Gasteiger partial charge in [0.2, 0.25) is 0 Å². The lowest BCUT2D eigenvalue weighted by Crippen LogP contribution is -2.77. The Morgan fingerprint density at radius 3 is 0.816 bits per heavy atom. The maximum atomic E-state index is 5.22. The Labute approximate surface area is 285 Å². The molecule has 0 atom stereocenters. The first-order valence-electron chi connectivity index (χ1n) is 15.9. The molecule has 0 aliphatic carbocycles. The molecule has 7 nitrogen and oxygen atoms in total. The molecule has 0 fully saturated rings. The molecule has 8 aromatic rings. The second-order valence-corrected chi connectivity index (χ2v) is 15.1. The first-order chi connectivity index (χ1) is 24.3. The van der Waals surface area contributed by atoms with E-state index >= 15 is 0 Å². The summed E-state index contributed by atoms with van der Waals surface area (Å²) in [4.78, 5) is 33.4. The number of aromatic nitrogens is 7. The van der Waals surface area contributed by atoms with Gasteiger partial charge in [-0.1, -0.05) is 54.6 Å². The zero-order valence-corrected chi connectivity index (χ0v) is 27.4. The van der Waals surface area contributed by atoms with Crippen molar-refractivity contribution in [2.24, 2.45) is 0 Å². The summed E-state index contributed by atoms with van der Waals surface area (Å²) in [5, 5.41) is 3.56. The molecular formula is C41H29N7Si. The minimum atomic E-state index is -3.28. The highest BCUT2D eigenvalue weighted by Crippen LogP contribution is 2.21. The minimum Gasteiger partial charge on any atom is -0.265 e. The average molecular weight is 648 g/mol. The fourth-order valence-electron chi connectivity index (χ4n) is 6.20. The van der Waals surface area contributed by atoms with Crippen LogP contribution in [0.15, 0.2) is 177 Å². The fraction of sp³-hybridized carbons (Fsp3) is 0. The summed E-state index contributed by atoms with van der Waals surface area (Å²) in [6, 6.07) is 39.2. The van der Waals surface area contributed by atoms with Gasteiger partial charge in [-0.15, -0.1) is 0 Å². The third-order valence-electron chi connectivity index (χ3n) is 8.74. The van der Waals surface area contributed by atoms with E-state index in [1.807, 2.05) is 79.4 Å². The summed E-state index contributed by atoms with van der Waals surface area (Å²) < 4.78 is 0. The zero-order valence-electron chi connectivity index (χ0n) is 26.4. The minimum absolute atomic E-state index is 0.888. The molecular weight excluding hydrogens is 619 g/mol. The van der Waals surface area contributed by atoms with E-state index in [4.69, 9.17) is 19.9 Å². The molecule has 0 N–H and O–H groups in total. The highest BCUT2D eigenvalue weighted by molar-refractivity contribution is 7.18. The summed E-state index contributed by atoms with van der Waals surface area (Å²) in [5.74, 6) is 0. The van der Waals surface area contributed by atoms with Crippen molar-refractivity contribution < 1.29 is 0 Å². The Hall–Kier alpha value is -6.51. The van der Waals surface area contributed by atoms with Gasteiger partial charge in [-0.3, -0.25) is 34.9 Å². The molecule has 0 unspecified atom stereocenters. The van der Waals surface area contributed by atoms with Gasteiger partial charge in [0, 0.05) is 99.9 Å². The Balaban J connectivity index is 1.35. The van der Waals surface area contributed by atoms with E-state index in [9.17, 15) is 0 Å². The fourth-order valence-corrected chi connectivity index (χ4v) is 10.1. The van der Waals surface area contributed by atoms with Crippen LogP contribution < -0.4 is 21.3 Å². The molecule has 1 aromatic carbocycles. The van der Waals surface area contributed by atoms with Gasteiger partial charge in [0.25, 0.3) is 8.07 Å². The third kappa shape index (κ3) is 5.81. The van der Waals surface area contributed by atoms with Crippen molar-refractivity contribution in [2.75, 3.05) is 0 Å². The van der Waals surface area contributed by atoms with Gasteiger partial charge in [-0.2, -0.15) is 0 Å². The van der Waals surface area contributed by atoms with Crippen molar-refractivity contribution in [1.29, 1.82) is 0 Å². The Morgan fingerprint density at radius 2 is 0.551 bits per heavy atom. The predicted octanol–water partition coefficient (Wildman–Crippen LogP) is 5.50. The van der Waals surface area contributed by atoms with Crippen LogP contribution in [0.5, 0.6) is 0 Å². The maximum absolute atomic E-state index is 5.22. The second-order valence-electron chi connectivity index (χ2n) is 11.6. The summed E-state index contributed by atoms with van der Waals surface area (Å²) in [7, 11) is -3.28. The van der Waals surface area contributed by atoms with Crippen molar-refractivity contribution in [3.05, 3.63) is 177 Å². The first-order valence-corrected chi connectivity index (χ1v) is 17.9. The van der Waals surface area contributed by atoms with Crippen molar-refractivity contribution in [3.63, 3.8) is 0 Å². The van der Waals surface area contributed by atoms with Gasteiger partial charge in [0.15, 0.2) is 0 Å². The molecule has 49 heavy (non-hydrogen) atoms. The van der Waals surface area contributed by atoms with E-state index in [0.717, 1.165) is 65.8 Å². The highest BCUT2D eigenvalue weighted by Gasteiger charge is 2.47. The normalized spacial score (nSPS) is 11.3. The molecule has 0 amide bonds. The molecule has 7 aromatic heterocycles. The van der Waals surface area contributed by atoms with Crippen molar-refractivity contribution >= 4 is 29.3 Å². The molecule has 8 heteroatoms. The monoisotopic (exact) mass is 647 g/mol. The number of nitrogens with zero attached hydrogens (tertiary/aromatic N) is 7. The van der Waals surface area contributed by atoms with E-state index in [2.05, 4.69) is 75.6 Å².